The maximum atomic E-state index is 12.4. The number of aromatic hydroxyl groups is 1. The number of hydrogen-bond acceptors (Lipinski definition) is 4. The van der Waals surface area contributed by atoms with E-state index >= 15 is 0 Å². The Hall–Kier alpha value is -2.31. The Kier molecular flexibility index (Phi) is 2.61. The van der Waals surface area contributed by atoms with Crippen LogP contribution in [0.4, 0.5) is 13.2 Å². The van der Waals surface area contributed by atoms with E-state index in [0.29, 0.717) is 0 Å². The Morgan fingerprint density at radius 1 is 1.28 bits per heavy atom. The highest BCUT2D eigenvalue weighted by molar-refractivity contribution is 5.98. The minimum Gasteiger partial charge on any atom is -0.507 e. The maximum absolute atomic E-state index is 12.4. The maximum Gasteiger partial charge on any atom is 0.449 e. The molecule has 0 aliphatic carbocycles. The lowest BCUT2D eigenvalue weighted by Crippen LogP contribution is -2.12. The molecular weight excluding hydrogens is 253 g/mol. The molecule has 4 nitrogen and oxygen atoms in total. The summed E-state index contributed by atoms with van der Waals surface area (Å²) >= 11 is 0. The van der Waals surface area contributed by atoms with Gasteiger partial charge in [0, 0.05) is 6.07 Å². The Bertz CT molecular complexity index is 685. The van der Waals surface area contributed by atoms with Gasteiger partial charge >= 0.3 is 6.18 Å². The van der Waals surface area contributed by atoms with Gasteiger partial charge in [-0.1, -0.05) is 0 Å². The average molecular weight is 258 g/mol. The van der Waals surface area contributed by atoms with E-state index in [4.69, 9.17) is 0 Å². The number of alkyl halides is 3. The molecule has 7 heteroatoms. The molecule has 1 aromatic carbocycles. The van der Waals surface area contributed by atoms with Crippen LogP contribution in [0.25, 0.3) is 11.0 Å². The van der Waals surface area contributed by atoms with Crippen molar-refractivity contribution in [2.45, 2.75) is 6.18 Å². The number of carbonyl (C=O) groups excluding carboxylic acids is 1. The number of phenols is 1. The molecule has 0 fully saturated rings. The second-order valence-electron chi connectivity index (χ2n) is 3.46. The summed E-state index contributed by atoms with van der Waals surface area (Å²) in [7, 11) is 0. The fraction of sp³-hybridized carbons (Fsp3) is 0.0909. The van der Waals surface area contributed by atoms with Gasteiger partial charge in [0.25, 0.3) is 0 Å². The molecule has 0 radical (unpaired) electrons. The first-order chi connectivity index (χ1) is 8.34. The van der Waals surface area contributed by atoms with Crippen molar-refractivity contribution in [2.75, 3.05) is 0 Å². The molecule has 0 unspecified atom stereocenters. The van der Waals surface area contributed by atoms with Crippen molar-refractivity contribution < 1.29 is 27.5 Å². The second-order valence-corrected chi connectivity index (χ2v) is 3.46. The summed E-state index contributed by atoms with van der Waals surface area (Å²) in [5.74, 6) is -1.95. The topological polar surface area (TPSA) is 67.5 Å². The quantitative estimate of drug-likeness (QED) is 0.797. The normalized spacial score (nSPS) is 11.7. The molecule has 1 N–H and O–H groups in total. The average Bonchev–Trinajstić information content (AvgIpc) is 2.28. The summed E-state index contributed by atoms with van der Waals surface area (Å²) in [5, 5.41) is 8.95. The minimum absolute atomic E-state index is 0.182. The molecule has 0 saturated carbocycles. The molecule has 0 aliphatic rings. The van der Waals surface area contributed by atoms with Gasteiger partial charge in [-0.05, 0) is 12.1 Å². The SMILES string of the molecule is O=Cc1c(O)ccc2oc(C(F)(F)F)cc(=O)c12. The third-order valence-corrected chi connectivity index (χ3v) is 2.31. The van der Waals surface area contributed by atoms with Crippen LogP contribution in [0, 0.1) is 0 Å². The standard InChI is InChI=1S/C11H5F3O4/c12-11(13,14)9-3-7(17)10-5(4-15)6(16)1-2-8(10)18-9/h1-4,16H. The van der Waals surface area contributed by atoms with Crippen molar-refractivity contribution in [2.24, 2.45) is 0 Å². The van der Waals surface area contributed by atoms with Crippen molar-refractivity contribution in [1.29, 1.82) is 0 Å². The molecule has 1 heterocycles. The summed E-state index contributed by atoms with van der Waals surface area (Å²) < 4.78 is 41.7. The molecule has 0 saturated heterocycles. The van der Waals surface area contributed by atoms with Crippen LogP contribution >= 0.6 is 0 Å². The summed E-state index contributed by atoms with van der Waals surface area (Å²) in [6.45, 7) is 0. The van der Waals surface area contributed by atoms with Crippen LogP contribution in [0.3, 0.4) is 0 Å². The first kappa shape index (κ1) is 12.2. The van der Waals surface area contributed by atoms with Crippen LogP contribution in [-0.4, -0.2) is 11.4 Å². The molecule has 0 bridgehead atoms. The third-order valence-electron chi connectivity index (χ3n) is 2.31. The number of phenolic OH excluding ortho intramolecular Hbond substituents is 1. The summed E-state index contributed by atoms with van der Waals surface area (Å²) in [6.07, 6.45) is -4.62. The lowest BCUT2D eigenvalue weighted by molar-refractivity contribution is -0.152. The Morgan fingerprint density at radius 2 is 1.94 bits per heavy atom. The highest BCUT2D eigenvalue weighted by Gasteiger charge is 2.35. The van der Waals surface area contributed by atoms with Gasteiger partial charge in [-0.15, -0.1) is 0 Å². The van der Waals surface area contributed by atoms with Crippen LogP contribution in [0.2, 0.25) is 0 Å². The molecule has 18 heavy (non-hydrogen) atoms. The Balaban J connectivity index is 2.90. The van der Waals surface area contributed by atoms with Crippen molar-refractivity contribution in [3.05, 3.63) is 39.7 Å². The zero-order valence-corrected chi connectivity index (χ0v) is 8.62. The van der Waals surface area contributed by atoms with Crippen molar-refractivity contribution in [3.63, 3.8) is 0 Å². The van der Waals surface area contributed by atoms with Gasteiger partial charge in [0.1, 0.15) is 11.3 Å². The lowest BCUT2D eigenvalue weighted by atomic mass is 10.1. The predicted octanol–water partition coefficient (Wildman–Crippen LogP) is 2.33. The molecular formula is C11H5F3O4. The van der Waals surface area contributed by atoms with Crippen molar-refractivity contribution >= 4 is 17.3 Å². The second kappa shape index (κ2) is 3.86. The molecule has 0 amide bonds. The number of fused-ring (bicyclic) bond motifs is 1. The van der Waals surface area contributed by atoms with Gasteiger partial charge in [0.05, 0.1) is 10.9 Å². The van der Waals surface area contributed by atoms with Gasteiger partial charge in [-0.25, -0.2) is 0 Å². The lowest BCUT2D eigenvalue weighted by Gasteiger charge is -2.07. The summed E-state index contributed by atoms with van der Waals surface area (Å²) in [4.78, 5) is 22.3. The van der Waals surface area contributed by atoms with E-state index in [1.54, 1.807) is 0 Å². The van der Waals surface area contributed by atoms with Crippen LogP contribution in [0.15, 0.2) is 27.4 Å². The molecule has 1 aromatic heterocycles. The number of hydrogen-bond donors (Lipinski definition) is 1. The van der Waals surface area contributed by atoms with E-state index in [1.807, 2.05) is 0 Å². The fourth-order valence-electron chi connectivity index (χ4n) is 1.53. The Morgan fingerprint density at radius 3 is 2.50 bits per heavy atom. The fourth-order valence-corrected chi connectivity index (χ4v) is 1.53. The smallest absolute Gasteiger partial charge is 0.449 e. The van der Waals surface area contributed by atoms with E-state index in [-0.39, 0.29) is 17.7 Å². The molecule has 0 aliphatic heterocycles. The largest absolute Gasteiger partial charge is 0.507 e. The van der Waals surface area contributed by atoms with E-state index in [1.165, 1.54) is 0 Å². The number of rotatable bonds is 1. The molecule has 2 rings (SSSR count). The molecule has 94 valence electrons. The third kappa shape index (κ3) is 1.83. The first-order valence-electron chi connectivity index (χ1n) is 4.67. The molecule has 0 atom stereocenters. The molecule has 0 spiro atoms. The van der Waals surface area contributed by atoms with Gasteiger partial charge in [-0.2, -0.15) is 13.2 Å². The van der Waals surface area contributed by atoms with Crippen molar-refractivity contribution in [3.8, 4) is 5.75 Å². The Labute approximate surface area is 97.3 Å². The van der Waals surface area contributed by atoms with Gasteiger partial charge < -0.3 is 9.52 Å². The van der Waals surface area contributed by atoms with E-state index in [2.05, 4.69) is 4.42 Å². The van der Waals surface area contributed by atoms with Gasteiger partial charge in [0.2, 0.25) is 5.76 Å². The molecule has 2 aromatic rings. The number of halogens is 3. The minimum atomic E-state index is -4.80. The van der Waals surface area contributed by atoms with Crippen LogP contribution in [0.1, 0.15) is 16.1 Å². The van der Waals surface area contributed by atoms with Gasteiger partial charge in [-0.3, -0.25) is 9.59 Å². The highest BCUT2D eigenvalue weighted by atomic mass is 19.4. The first-order valence-corrected chi connectivity index (χ1v) is 4.67. The number of carbonyl (C=O) groups is 1. The van der Waals surface area contributed by atoms with E-state index in [9.17, 15) is 27.9 Å². The highest BCUT2D eigenvalue weighted by Crippen LogP contribution is 2.31. The van der Waals surface area contributed by atoms with E-state index < -0.39 is 34.3 Å². The van der Waals surface area contributed by atoms with Gasteiger partial charge in [0.15, 0.2) is 11.7 Å². The zero-order chi connectivity index (χ0) is 13.5. The van der Waals surface area contributed by atoms with E-state index in [0.717, 1.165) is 12.1 Å². The summed E-state index contributed by atoms with van der Waals surface area (Å²) in [5.41, 5.74) is -1.84. The van der Waals surface area contributed by atoms with Crippen LogP contribution in [0.5, 0.6) is 5.75 Å². The van der Waals surface area contributed by atoms with Crippen LogP contribution in [-0.2, 0) is 6.18 Å². The van der Waals surface area contributed by atoms with Crippen molar-refractivity contribution in [1.82, 2.24) is 0 Å². The number of benzene rings is 1. The monoisotopic (exact) mass is 258 g/mol. The zero-order valence-electron chi connectivity index (χ0n) is 8.62. The predicted molar refractivity (Wildman–Crippen MR) is 54.5 cm³/mol. The van der Waals surface area contributed by atoms with Crippen LogP contribution < -0.4 is 5.43 Å². The number of aldehydes is 1. The summed E-state index contributed by atoms with van der Waals surface area (Å²) in [6, 6.07) is 2.22.